The molecule has 114 valence electrons. The Morgan fingerprint density at radius 3 is 1.42 bits per heavy atom. The average molecular weight is 272 g/mol. The van der Waals surface area contributed by atoms with Crippen LogP contribution in [0.5, 0.6) is 0 Å². The zero-order valence-electron chi connectivity index (χ0n) is 13.8. The van der Waals surface area contributed by atoms with Crippen molar-refractivity contribution in [1.29, 1.82) is 0 Å². The molecule has 0 spiro atoms. The molecule has 0 bridgehead atoms. The van der Waals surface area contributed by atoms with E-state index in [1.165, 1.54) is 0 Å². The fraction of sp³-hybridized carbons (Fsp3) is 0.867. The number of hydrogen-bond acceptors (Lipinski definition) is 2. The number of hydrogen-bond donors (Lipinski definition) is 2. The molecule has 0 heterocycles. The molecule has 4 heteroatoms. The van der Waals surface area contributed by atoms with Crippen molar-refractivity contribution in [1.82, 2.24) is 10.6 Å². The number of rotatable bonds is 5. The lowest BCUT2D eigenvalue weighted by molar-refractivity contribution is -0.124. The van der Waals surface area contributed by atoms with Gasteiger partial charge in [-0.15, -0.1) is 0 Å². The lowest BCUT2D eigenvalue weighted by atomic mass is 10.1. The first kappa shape index (κ1) is 20.3. The monoisotopic (exact) mass is 272 g/mol. The van der Waals surface area contributed by atoms with Crippen molar-refractivity contribution in [2.75, 3.05) is 0 Å². The molecule has 0 aromatic carbocycles. The van der Waals surface area contributed by atoms with Crippen molar-refractivity contribution in [2.45, 2.75) is 73.9 Å². The third-order valence-electron chi connectivity index (χ3n) is 2.00. The van der Waals surface area contributed by atoms with Crippen LogP contribution >= 0.6 is 0 Å². The molecule has 0 unspecified atom stereocenters. The van der Waals surface area contributed by atoms with Crippen LogP contribution in [0.3, 0.4) is 0 Å². The van der Waals surface area contributed by atoms with Gasteiger partial charge in [0.15, 0.2) is 0 Å². The topological polar surface area (TPSA) is 58.2 Å². The van der Waals surface area contributed by atoms with Gasteiger partial charge in [0.2, 0.25) is 11.8 Å². The van der Waals surface area contributed by atoms with Gasteiger partial charge in [-0.1, -0.05) is 27.7 Å². The lowest BCUT2D eigenvalue weighted by Crippen LogP contribution is -2.33. The molecule has 0 saturated heterocycles. The predicted molar refractivity (Wildman–Crippen MR) is 80.9 cm³/mol. The Morgan fingerprint density at radius 2 is 1.21 bits per heavy atom. The predicted octanol–water partition coefficient (Wildman–Crippen LogP) is 2.72. The second kappa shape index (κ2) is 10.8. The second-order valence-electron chi connectivity index (χ2n) is 6.14. The quantitative estimate of drug-likeness (QED) is 0.808. The summed E-state index contributed by atoms with van der Waals surface area (Å²) in [5, 5.41) is 5.64. The molecule has 0 aliphatic heterocycles. The molecule has 0 aromatic heterocycles. The Hall–Kier alpha value is -1.06. The van der Waals surface area contributed by atoms with Gasteiger partial charge in [0.25, 0.3) is 0 Å². The molecule has 0 aliphatic rings. The van der Waals surface area contributed by atoms with Gasteiger partial charge in [-0.05, 0) is 33.6 Å². The molecular weight excluding hydrogens is 240 g/mol. The maximum Gasteiger partial charge on any atom is 0.222 e. The molecule has 0 atom stereocenters. The summed E-state index contributed by atoms with van der Waals surface area (Å²) >= 11 is 0. The van der Waals surface area contributed by atoms with E-state index in [0.29, 0.717) is 12.3 Å². The van der Waals surface area contributed by atoms with Crippen molar-refractivity contribution in [2.24, 2.45) is 11.8 Å². The summed E-state index contributed by atoms with van der Waals surface area (Å²) in [5.74, 6) is 0.848. The van der Waals surface area contributed by atoms with Gasteiger partial charge < -0.3 is 10.6 Å². The Labute approximate surface area is 118 Å². The van der Waals surface area contributed by atoms with E-state index in [2.05, 4.69) is 10.6 Å². The van der Waals surface area contributed by atoms with Crippen LogP contribution in [0.15, 0.2) is 0 Å². The van der Waals surface area contributed by atoms with Crippen molar-refractivity contribution in [3.05, 3.63) is 0 Å². The van der Waals surface area contributed by atoms with E-state index in [1.54, 1.807) is 0 Å². The first-order valence-electron chi connectivity index (χ1n) is 7.15. The van der Waals surface area contributed by atoms with Crippen LogP contribution in [0.1, 0.15) is 61.8 Å². The highest BCUT2D eigenvalue weighted by atomic mass is 16.2. The van der Waals surface area contributed by atoms with Crippen molar-refractivity contribution < 1.29 is 9.59 Å². The SMILES string of the molecule is CC(C)CC(=O)NC(C)C.CC(C)NC(=O)C(C)C. The van der Waals surface area contributed by atoms with E-state index in [0.717, 1.165) is 0 Å². The van der Waals surface area contributed by atoms with Gasteiger partial charge in [-0.25, -0.2) is 0 Å². The first-order chi connectivity index (χ1) is 8.56. The molecule has 0 radical (unpaired) electrons. The number of amides is 2. The number of carbonyl (C=O) groups is 2. The highest BCUT2D eigenvalue weighted by Crippen LogP contribution is 1.98. The van der Waals surface area contributed by atoms with Gasteiger partial charge in [0, 0.05) is 24.4 Å². The Bertz CT molecular complexity index is 247. The minimum absolute atomic E-state index is 0.104. The standard InChI is InChI=1S/C8H17NO.C7H15NO/c1-6(2)5-8(10)9-7(3)4;1-5(2)7(9)8-6(3)4/h6-7H,5H2,1-4H3,(H,9,10);5-6H,1-4H3,(H,8,9). The van der Waals surface area contributed by atoms with Gasteiger partial charge in [0.05, 0.1) is 0 Å². The van der Waals surface area contributed by atoms with Crippen molar-refractivity contribution in [3.8, 4) is 0 Å². The minimum atomic E-state index is 0.104. The summed E-state index contributed by atoms with van der Waals surface area (Å²) < 4.78 is 0. The first-order valence-corrected chi connectivity index (χ1v) is 7.15. The van der Waals surface area contributed by atoms with Crippen LogP contribution < -0.4 is 10.6 Å². The molecule has 2 N–H and O–H groups in total. The lowest BCUT2D eigenvalue weighted by Gasteiger charge is -2.09. The van der Waals surface area contributed by atoms with Gasteiger partial charge in [-0.3, -0.25) is 9.59 Å². The summed E-state index contributed by atoms with van der Waals surface area (Å²) in [6.07, 6.45) is 0.637. The Balaban J connectivity index is 0. The summed E-state index contributed by atoms with van der Waals surface area (Å²) in [4.78, 5) is 21.8. The third-order valence-corrected chi connectivity index (χ3v) is 2.00. The average Bonchev–Trinajstić information content (AvgIpc) is 2.13. The molecule has 0 saturated carbocycles. The molecule has 19 heavy (non-hydrogen) atoms. The maximum absolute atomic E-state index is 11.0. The highest BCUT2D eigenvalue weighted by molar-refractivity contribution is 5.78. The van der Waals surface area contributed by atoms with Crippen LogP contribution in [-0.4, -0.2) is 23.9 Å². The molecule has 2 amide bonds. The number of carbonyl (C=O) groups excluding carboxylic acids is 2. The minimum Gasteiger partial charge on any atom is -0.354 e. The summed E-state index contributed by atoms with van der Waals surface area (Å²) in [6.45, 7) is 15.7. The third kappa shape index (κ3) is 16.9. The van der Waals surface area contributed by atoms with E-state index < -0.39 is 0 Å². The Kier molecular flexibility index (Phi) is 11.5. The maximum atomic E-state index is 11.0. The zero-order valence-corrected chi connectivity index (χ0v) is 13.8. The van der Waals surface area contributed by atoms with Crippen LogP contribution in [-0.2, 0) is 9.59 Å². The van der Waals surface area contributed by atoms with Crippen LogP contribution in [0.2, 0.25) is 0 Å². The molecule has 0 rings (SSSR count). The van der Waals surface area contributed by atoms with Crippen molar-refractivity contribution in [3.63, 3.8) is 0 Å². The summed E-state index contributed by atoms with van der Waals surface area (Å²) in [5.41, 5.74) is 0. The fourth-order valence-electron chi connectivity index (χ4n) is 1.20. The van der Waals surface area contributed by atoms with Crippen molar-refractivity contribution >= 4 is 11.8 Å². The molecule has 0 fully saturated rings. The molecular formula is C15H32N2O2. The van der Waals surface area contributed by atoms with E-state index in [1.807, 2.05) is 55.4 Å². The normalized spacial score (nSPS) is 10.5. The molecule has 0 aliphatic carbocycles. The van der Waals surface area contributed by atoms with Gasteiger partial charge >= 0.3 is 0 Å². The van der Waals surface area contributed by atoms with Crippen LogP contribution in [0.4, 0.5) is 0 Å². The van der Waals surface area contributed by atoms with Crippen LogP contribution in [0, 0.1) is 11.8 Å². The van der Waals surface area contributed by atoms with E-state index >= 15 is 0 Å². The second-order valence-corrected chi connectivity index (χ2v) is 6.14. The zero-order chi connectivity index (χ0) is 15.6. The molecule has 0 aromatic rings. The fourth-order valence-corrected chi connectivity index (χ4v) is 1.20. The van der Waals surface area contributed by atoms with E-state index in [9.17, 15) is 9.59 Å². The van der Waals surface area contributed by atoms with Gasteiger partial charge in [0.1, 0.15) is 0 Å². The van der Waals surface area contributed by atoms with Crippen LogP contribution in [0.25, 0.3) is 0 Å². The number of nitrogens with one attached hydrogen (secondary N) is 2. The smallest absolute Gasteiger partial charge is 0.222 e. The Morgan fingerprint density at radius 1 is 0.789 bits per heavy atom. The summed E-state index contributed by atoms with van der Waals surface area (Å²) in [6, 6.07) is 0.533. The molecule has 4 nitrogen and oxygen atoms in total. The van der Waals surface area contributed by atoms with E-state index in [-0.39, 0.29) is 29.8 Å². The van der Waals surface area contributed by atoms with Gasteiger partial charge in [-0.2, -0.15) is 0 Å². The summed E-state index contributed by atoms with van der Waals surface area (Å²) in [7, 11) is 0. The van der Waals surface area contributed by atoms with E-state index in [4.69, 9.17) is 0 Å². The largest absolute Gasteiger partial charge is 0.354 e. The highest BCUT2D eigenvalue weighted by Gasteiger charge is 2.06.